The summed E-state index contributed by atoms with van der Waals surface area (Å²) >= 11 is 1.39. The predicted octanol–water partition coefficient (Wildman–Crippen LogP) is 3.47. The van der Waals surface area contributed by atoms with Crippen LogP contribution in [-0.4, -0.2) is 13.3 Å². The van der Waals surface area contributed by atoms with E-state index in [1.807, 2.05) is 17.3 Å². The Morgan fingerprint density at radius 3 is 2.50 bits per heavy atom. The van der Waals surface area contributed by atoms with Gasteiger partial charge in [0.15, 0.2) is 6.29 Å². The standard InChI is InChI=1S/C12H10FNOS/c1-14(10-4-2-9(13)3-5-10)11-6-12(7-15)16-8-11/h2-8H,1H3. The van der Waals surface area contributed by atoms with E-state index in [0.717, 1.165) is 17.7 Å². The number of rotatable bonds is 3. The van der Waals surface area contributed by atoms with Gasteiger partial charge in [-0.3, -0.25) is 4.79 Å². The van der Waals surface area contributed by atoms with Crippen LogP contribution in [0.3, 0.4) is 0 Å². The van der Waals surface area contributed by atoms with E-state index in [4.69, 9.17) is 0 Å². The molecule has 0 aliphatic heterocycles. The molecule has 2 aromatic rings. The molecule has 16 heavy (non-hydrogen) atoms. The zero-order valence-corrected chi connectivity index (χ0v) is 9.50. The first-order valence-corrected chi connectivity index (χ1v) is 5.61. The highest BCUT2D eigenvalue weighted by Gasteiger charge is 2.06. The van der Waals surface area contributed by atoms with Gasteiger partial charge >= 0.3 is 0 Å². The molecule has 0 fully saturated rings. The SMILES string of the molecule is CN(c1ccc(F)cc1)c1csc(C=O)c1. The van der Waals surface area contributed by atoms with Crippen molar-refractivity contribution in [2.45, 2.75) is 0 Å². The summed E-state index contributed by atoms with van der Waals surface area (Å²) in [6.45, 7) is 0. The maximum absolute atomic E-state index is 12.7. The molecule has 0 aliphatic carbocycles. The van der Waals surface area contributed by atoms with Gasteiger partial charge in [-0.25, -0.2) is 4.39 Å². The first-order chi connectivity index (χ1) is 7.70. The summed E-state index contributed by atoms with van der Waals surface area (Å²) in [6.07, 6.45) is 0.826. The van der Waals surface area contributed by atoms with Crippen LogP contribution in [0.15, 0.2) is 35.7 Å². The van der Waals surface area contributed by atoms with Crippen LogP contribution in [0.5, 0.6) is 0 Å². The van der Waals surface area contributed by atoms with E-state index >= 15 is 0 Å². The number of hydrogen-bond acceptors (Lipinski definition) is 3. The van der Waals surface area contributed by atoms with Crippen LogP contribution < -0.4 is 4.90 Å². The summed E-state index contributed by atoms with van der Waals surface area (Å²) in [5, 5.41) is 1.90. The van der Waals surface area contributed by atoms with Crippen molar-refractivity contribution in [2.24, 2.45) is 0 Å². The van der Waals surface area contributed by atoms with Crippen molar-refractivity contribution < 1.29 is 9.18 Å². The number of nitrogens with zero attached hydrogens (tertiary/aromatic N) is 1. The van der Waals surface area contributed by atoms with Crippen LogP contribution in [0, 0.1) is 5.82 Å². The Labute approximate surface area is 96.9 Å². The van der Waals surface area contributed by atoms with E-state index < -0.39 is 0 Å². The molecular formula is C12H10FNOS. The molecule has 2 nitrogen and oxygen atoms in total. The maximum atomic E-state index is 12.7. The van der Waals surface area contributed by atoms with E-state index in [0.29, 0.717) is 4.88 Å². The third-order valence-electron chi connectivity index (χ3n) is 2.32. The first kappa shape index (κ1) is 10.8. The van der Waals surface area contributed by atoms with Crippen molar-refractivity contribution in [1.29, 1.82) is 0 Å². The molecule has 2 rings (SSSR count). The lowest BCUT2D eigenvalue weighted by Gasteiger charge is -2.17. The quantitative estimate of drug-likeness (QED) is 0.759. The largest absolute Gasteiger partial charge is 0.344 e. The van der Waals surface area contributed by atoms with E-state index in [-0.39, 0.29) is 5.82 Å². The topological polar surface area (TPSA) is 20.3 Å². The van der Waals surface area contributed by atoms with Gasteiger partial charge < -0.3 is 4.90 Å². The highest BCUT2D eigenvalue weighted by molar-refractivity contribution is 7.12. The average Bonchev–Trinajstić information content (AvgIpc) is 2.77. The fourth-order valence-electron chi connectivity index (χ4n) is 1.39. The molecule has 1 heterocycles. The Kier molecular flexibility index (Phi) is 3.01. The molecule has 0 radical (unpaired) electrons. The van der Waals surface area contributed by atoms with Gasteiger partial charge in [0.25, 0.3) is 0 Å². The van der Waals surface area contributed by atoms with Gasteiger partial charge in [0.2, 0.25) is 0 Å². The zero-order chi connectivity index (χ0) is 11.5. The summed E-state index contributed by atoms with van der Waals surface area (Å²) in [6, 6.07) is 8.04. The van der Waals surface area contributed by atoms with Crippen LogP contribution in [-0.2, 0) is 0 Å². The van der Waals surface area contributed by atoms with Crippen LogP contribution in [0.25, 0.3) is 0 Å². The number of aldehydes is 1. The molecule has 0 spiro atoms. The number of hydrogen-bond donors (Lipinski definition) is 0. The minimum atomic E-state index is -0.254. The summed E-state index contributed by atoms with van der Waals surface area (Å²) in [7, 11) is 1.88. The Hall–Kier alpha value is -1.68. The van der Waals surface area contributed by atoms with E-state index in [2.05, 4.69) is 0 Å². The second-order valence-electron chi connectivity index (χ2n) is 3.36. The molecule has 0 unspecified atom stereocenters. The Morgan fingerprint density at radius 2 is 1.94 bits per heavy atom. The minimum Gasteiger partial charge on any atom is -0.344 e. The van der Waals surface area contributed by atoms with Gasteiger partial charge in [0.1, 0.15) is 5.82 Å². The monoisotopic (exact) mass is 235 g/mol. The molecule has 0 saturated carbocycles. The molecule has 0 amide bonds. The molecule has 1 aromatic heterocycles. The number of carbonyl (C=O) groups is 1. The van der Waals surface area contributed by atoms with E-state index in [1.165, 1.54) is 23.5 Å². The molecule has 0 saturated heterocycles. The van der Waals surface area contributed by atoms with Crippen LogP contribution in [0.4, 0.5) is 15.8 Å². The molecule has 4 heteroatoms. The van der Waals surface area contributed by atoms with Crippen molar-refractivity contribution in [1.82, 2.24) is 0 Å². The summed E-state index contributed by atoms with van der Waals surface area (Å²) in [5.41, 5.74) is 1.82. The zero-order valence-electron chi connectivity index (χ0n) is 8.68. The van der Waals surface area contributed by atoms with Crippen LogP contribution in [0.1, 0.15) is 9.67 Å². The van der Waals surface area contributed by atoms with Gasteiger partial charge in [-0.1, -0.05) is 0 Å². The Balaban J connectivity index is 2.27. The van der Waals surface area contributed by atoms with Crippen molar-refractivity contribution >= 4 is 29.0 Å². The Bertz CT molecular complexity index is 492. The highest BCUT2D eigenvalue weighted by Crippen LogP contribution is 2.27. The van der Waals surface area contributed by atoms with E-state index in [1.54, 1.807) is 18.2 Å². The molecule has 0 atom stereocenters. The predicted molar refractivity (Wildman–Crippen MR) is 64.2 cm³/mol. The van der Waals surface area contributed by atoms with E-state index in [9.17, 15) is 9.18 Å². The third kappa shape index (κ3) is 2.12. The van der Waals surface area contributed by atoms with Crippen molar-refractivity contribution in [3.05, 3.63) is 46.4 Å². The van der Waals surface area contributed by atoms with Gasteiger partial charge in [-0.15, -0.1) is 11.3 Å². The smallest absolute Gasteiger partial charge is 0.160 e. The molecular weight excluding hydrogens is 225 g/mol. The minimum absolute atomic E-state index is 0.254. The second-order valence-corrected chi connectivity index (χ2v) is 4.30. The summed E-state index contributed by atoms with van der Waals surface area (Å²) in [4.78, 5) is 13.2. The Morgan fingerprint density at radius 1 is 1.25 bits per heavy atom. The van der Waals surface area contributed by atoms with Crippen molar-refractivity contribution in [2.75, 3.05) is 11.9 Å². The number of halogens is 1. The van der Waals surface area contributed by atoms with Gasteiger partial charge in [0.05, 0.1) is 10.6 Å². The van der Waals surface area contributed by atoms with Gasteiger partial charge in [-0.2, -0.15) is 0 Å². The number of carbonyl (C=O) groups excluding carboxylic acids is 1. The van der Waals surface area contributed by atoms with Crippen molar-refractivity contribution in [3.63, 3.8) is 0 Å². The molecule has 0 N–H and O–H groups in total. The number of thiophene rings is 1. The fraction of sp³-hybridized carbons (Fsp3) is 0.0833. The summed E-state index contributed by atoms with van der Waals surface area (Å²) < 4.78 is 12.7. The fourth-order valence-corrected chi connectivity index (χ4v) is 2.12. The third-order valence-corrected chi connectivity index (χ3v) is 3.17. The van der Waals surface area contributed by atoms with Gasteiger partial charge in [0, 0.05) is 18.1 Å². The summed E-state index contributed by atoms with van der Waals surface area (Å²) in [5.74, 6) is -0.254. The number of benzene rings is 1. The first-order valence-electron chi connectivity index (χ1n) is 4.74. The maximum Gasteiger partial charge on any atom is 0.160 e. The lowest BCUT2D eigenvalue weighted by atomic mass is 10.3. The normalized spacial score (nSPS) is 10.1. The average molecular weight is 235 g/mol. The molecule has 0 aliphatic rings. The molecule has 1 aromatic carbocycles. The second kappa shape index (κ2) is 4.45. The van der Waals surface area contributed by atoms with Crippen LogP contribution in [0.2, 0.25) is 0 Å². The van der Waals surface area contributed by atoms with Gasteiger partial charge in [-0.05, 0) is 30.3 Å². The van der Waals surface area contributed by atoms with Crippen LogP contribution >= 0.6 is 11.3 Å². The van der Waals surface area contributed by atoms with Crippen molar-refractivity contribution in [3.8, 4) is 0 Å². The lowest BCUT2D eigenvalue weighted by molar-refractivity contribution is 0.112. The number of anilines is 2. The molecule has 82 valence electrons. The lowest BCUT2D eigenvalue weighted by Crippen LogP contribution is -2.08. The highest BCUT2D eigenvalue weighted by atomic mass is 32.1. The molecule has 0 bridgehead atoms.